The maximum absolute atomic E-state index is 12.6. The van der Waals surface area contributed by atoms with Gasteiger partial charge in [0.15, 0.2) is 0 Å². The Bertz CT molecular complexity index is 574. The number of hydrogen-bond donors (Lipinski definition) is 1. The molecule has 1 amide bonds. The van der Waals surface area contributed by atoms with Gasteiger partial charge < -0.3 is 14.8 Å². The van der Waals surface area contributed by atoms with E-state index in [2.05, 4.69) is 5.32 Å². The second-order valence-electron chi connectivity index (χ2n) is 7.48. The maximum atomic E-state index is 12.6. The molecule has 1 spiro atoms. The topological polar surface area (TPSA) is 50.8 Å². The van der Waals surface area contributed by atoms with Gasteiger partial charge in [0, 0.05) is 18.4 Å². The van der Waals surface area contributed by atoms with Crippen LogP contribution in [-0.2, 0) is 11.3 Å². The fourth-order valence-electron chi connectivity index (χ4n) is 3.21. The van der Waals surface area contributed by atoms with Crippen LogP contribution >= 0.6 is 0 Å². The molecule has 0 saturated carbocycles. The van der Waals surface area contributed by atoms with E-state index in [1.165, 1.54) is 0 Å². The summed E-state index contributed by atoms with van der Waals surface area (Å²) in [6.07, 6.45) is 1.51. The molecule has 0 aromatic heterocycles. The van der Waals surface area contributed by atoms with E-state index < -0.39 is 5.60 Å². The number of amides is 1. The van der Waals surface area contributed by atoms with E-state index in [-0.39, 0.29) is 11.7 Å². The molecule has 1 saturated heterocycles. The van der Waals surface area contributed by atoms with Gasteiger partial charge in [0.2, 0.25) is 0 Å². The number of benzene rings is 1. The molecule has 126 valence electrons. The van der Waals surface area contributed by atoms with Crippen molar-refractivity contribution in [3.8, 4) is 5.75 Å². The van der Waals surface area contributed by atoms with Crippen LogP contribution < -0.4 is 10.1 Å². The summed E-state index contributed by atoms with van der Waals surface area (Å²) in [6.45, 7) is 8.60. The van der Waals surface area contributed by atoms with E-state index >= 15 is 0 Å². The molecule has 5 heteroatoms. The van der Waals surface area contributed by atoms with E-state index in [0.29, 0.717) is 13.1 Å². The number of ether oxygens (including phenoxy) is 2. The Balaban J connectivity index is 1.89. The highest BCUT2D eigenvalue weighted by atomic mass is 16.6. The second kappa shape index (κ2) is 6.04. The molecule has 1 fully saturated rings. The van der Waals surface area contributed by atoms with E-state index in [9.17, 15) is 4.79 Å². The normalized spacial score (nSPS) is 20.4. The molecule has 3 rings (SSSR count). The summed E-state index contributed by atoms with van der Waals surface area (Å²) in [5, 5.41) is 3.37. The summed E-state index contributed by atoms with van der Waals surface area (Å²) < 4.78 is 12.0. The lowest BCUT2D eigenvalue weighted by Crippen LogP contribution is -2.53. The first-order valence-electron chi connectivity index (χ1n) is 8.33. The summed E-state index contributed by atoms with van der Waals surface area (Å²) in [4.78, 5) is 14.4. The van der Waals surface area contributed by atoms with Crippen LogP contribution in [0.1, 0.15) is 39.2 Å². The molecular formula is C18H26N2O3. The number of piperidine rings is 1. The Morgan fingerprint density at radius 1 is 1.26 bits per heavy atom. The van der Waals surface area contributed by atoms with Crippen LogP contribution in [0.4, 0.5) is 4.79 Å². The lowest BCUT2D eigenvalue weighted by molar-refractivity contribution is -0.0126. The molecule has 0 bridgehead atoms. The Labute approximate surface area is 137 Å². The molecule has 0 aliphatic carbocycles. The molecule has 0 radical (unpaired) electrons. The Kier molecular flexibility index (Phi) is 4.23. The van der Waals surface area contributed by atoms with Gasteiger partial charge in [-0.2, -0.15) is 0 Å². The highest BCUT2D eigenvalue weighted by Crippen LogP contribution is 2.34. The molecule has 2 aliphatic rings. The fraction of sp³-hybridized carbons (Fsp3) is 0.611. The van der Waals surface area contributed by atoms with E-state index in [0.717, 1.165) is 37.2 Å². The van der Waals surface area contributed by atoms with Crippen LogP contribution in [0.15, 0.2) is 24.3 Å². The quantitative estimate of drug-likeness (QED) is 0.799. The van der Waals surface area contributed by atoms with Gasteiger partial charge in [-0.05, 0) is 39.9 Å². The molecule has 1 aromatic rings. The molecule has 0 atom stereocenters. The third kappa shape index (κ3) is 3.78. The van der Waals surface area contributed by atoms with Gasteiger partial charge in [-0.1, -0.05) is 18.2 Å². The van der Waals surface area contributed by atoms with Crippen LogP contribution in [0.25, 0.3) is 0 Å². The first-order valence-corrected chi connectivity index (χ1v) is 8.33. The molecule has 1 aromatic carbocycles. The molecular weight excluding hydrogens is 292 g/mol. The van der Waals surface area contributed by atoms with Gasteiger partial charge in [-0.25, -0.2) is 4.79 Å². The van der Waals surface area contributed by atoms with Crippen molar-refractivity contribution in [1.29, 1.82) is 0 Å². The number of carbonyl (C=O) groups is 1. The highest BCUT2D eigenvalue weighted by molar-refractivity contribution is 5.68. The van der Waals surface area contributed by atoms with E-state index in [1.807, 2.05) is 45.0 Å². The summed E-state index contributed by atoms with van der Waals surface area (Å²) in [6, 6.07) is 7.98. The van der Waals surface area contributed by atoms with Gasteiger partial charge in [0.1, 0.15) is 17.0 Å². The van der Waals surface area contributed by atoms with Crippen LogP contribution in [0, 0.1) is 0 Å². The number of nitrogens with one attached hydrogen (secondary N) is 1. The van der Waals surface area contributed by atoms with E-state index in [4.69, 9.17) is 9.47 Å². The molecule has 0 unspecified atom stereocenters. The number of hydrogen-bond acceptors (Lipinski definition) is 4. The van der Waals surface area contributed by atoms with Gasteiger partial charge in [-0.15, -0.1) is 0 Å². The van der Waals surface area contributed by atoms with Crippen LogP contribution in [0.3, 0.4) is 0 Å². The SMILES string of the molecule is CC(C)(C)OC(=O)N1Cc2ccccc2OC2(CCNCC2)C1. The zero-order chi connectivity index (χ0) is 16.5. The van der Waals surface area contributed by atoms with Gasteiger partial charge in [0.05, 0.1) is 13.1 Å². The zero-order valence-electron chi connectivity index (χ0n) is 14.2. The molecule has 2 aliphatic heterocycles. The van der Waals surface area contributed by atoms with Crippen LogP contribution in [0.5, 0.6) is 5.75 Å². The zero-order valence-corrected chi connectivity index (χ0v) is 14.2. The average molecular weight is 318 g/mol. The fourth-order valence-corrected chi connectivity index (χ4v) is 3.21. The highest BCUT2D eigenvalue weighted by Gasteiger charge is 2.41. The smallest absolute Gasteiger partial charge is 0.410 e. The standard InChI is InChI=1S/C18H26N2O3/c1-17(2,3)23-16(21)20-12-14-6-4-5-7-15(14)22-18(13-20)8-10-19-11-9-18/h4-7,19H,8-13H2,1-3H3. The minimum atomic E-state index is -0.495. The number of fused-ring (bicyclic) bond motifs is 1. The second-order valence-corrected chi connectivity index (χ2v) is 7.48. The summed E-state index contributed by atoms with van der Waals surface area (Å²) in [5.74, 6) is 0.889. The Morgan fingerprint density at radius 3 is 2.65 bits per heavy atom. The van der Waals surface area contributed by atoms with Crippen molar-refractivity contribution >= 4 is 6.09 Å². The van der Waals surface area contributed by atoms with Crippen molar-refractivity contribution in [1.82, 2.24) is 10.2 Å². The molecule has 23 heavy (non-hydrogen) atoms. The largest absolute Gasteiger partial charge is 0.485 e. The predicted octanol–water partition coefficient (Wildman–Crippen LogP) is 2.94. The first kappa shape index (κ1) is 16.1. The Hall–Kier alpha value is -1.75. The first-order chi connectivity index (χ1) is 10.9. The summed E-state index contributed by atoms with van der Waals surface area (Å²) in [7, 11) is 0. The molecule has 5 nitrogen and oxygen atoms in total. The lowest BCUT2D eigenvalue weighted by Gasteiger charge is -2.39. The van der Waals surface area contributed by atoms with Crippen molar-refractivity contribution in [3.05, 3.63) is 29.8 Å². The van der Waals surface area contributed by atoms with Gasteiger partial charge in [-0.3, -0.25) is 4.90 Å². The lowest BCUT2D eigenvalue weighted by atomic mass is 9.91. The third-order valence-corrected chi connectivity index (χ3v) is 4.31. The maximum Gasteiger partial charge on any atom is 0.410 e. The van der Waals surface area contributed by atoms with Crippen molar-refractivity contribution in [2.24, 2.45) is 0 Å². The monoisotopic (exact) mass is 318 g/mol. The van der Waals surface area contributed by atoms with Crippen molar-refractivity contribution in [2.75, 3.05) is 19.6 Å². The third-order valence-electron chi connectivity index (χ3n) is 4.31. The number of nitrogens with zero attached hydrogens (tertiary/aromatic N) is 1. The average Bonchev–Trinajstić information content (AvgIpc) is 2.63. The number of rotatable bonds is 0. The minimum absolute atomic E-state index is 0.268. The van der Waals surface area contributed by atoms with Crippen LogP contribution in [-0.4, -0.2) is 41.8 Å². The van der Waals surface area contributed by atoms with Gasteiger partial charge in [0.25, 0.3) is 0 Å². The van der Waals surface area contributed by atoms with Crippen molar-refractivity contribution in [2.45, 2.75) is 51.4 Å². The summed E-state index contributed by atoms with van der Waals surface area (Å²) >= 11 is 0. The summed E-state index contributed by atoms with van der Waals surface area (Å²) in [5.41, 5.74) is 0.216. The van der Waals surface area contributed by atoms with Crippen molar-refractivity contribution in [3.63, 3.8) is 0 Å². The molecule has 2 heterocycles. The van der Waals surface area contributed by atoms with Gasteiger partial charge >= 0.3 is 6.09 Å². The minimum Gasteiger partial charge on any atom is -0.485 e. The predicted molar refractivity (Wildman–Crippen MR) is 88.5 cm³/mol. The number of para-hydroxylation sites is 1. The van der Waals surface area contributed by atoms with Crippen LogP contribution in [0.2, 0.25) is 0 Å². The number of carbonyl (C=O) groups excluding carboxylic acids is 1. The van der Waals surface area contributed by atoms with Crippen molar-refractivity contribution < 1.29 is 14.3 Å². The Morgan fingerprint density at radius 2 is 1.96 bits per heavy atom. The molecule has 1 N–H and O–H groups in total. The van der Waals surface area contributed by atoms with E-state index in [1.54, 1.807) is 4.90 Å².